The third-order valence-corrected chi connectivity index (χ3v) is 1.70. The van der Waals surface area contributed by atoms with Gasteiger partial charge in [0.1, 0.15) is 0 Å². The van der Waals surface area contributed by atoms with Crippen molar-refractivity contribution in [3.63, 3.8) is 0 Å². The van der Waals surface area contributed by atoms with Crippen LogP contribution in [0, 0.1) is 12.4 Å². The van der Waals surface area contributed by atoms with Crippen LogP contribution >= 0.6 is 0 Å². The third-order valence-electron chi connectivity index (χ3n) is 1.70. The third kappa shape index (κ3) is 0.906. The van der Waals surface area contributed by atoms with E-state index in [0.29, 0.717) is 10.9 Å². The van der Waals surface area contributed by atoms with Crippen LogP contribution in [0.15, 0.2) is 23.0 Å². The molecule has 0 aliphatic carbocycles. The Hall–Kier alpha value is -1.64. The van der Waals surface area contributed by atoms with E-state index in [1.165, 1.54) is 4.57 Å². The van der Waals surface area contributed by atoms with Crippen molar-refractivity contribution in [2.75, 3.05) is 0 Å². The second-order valence-electron chi connectivity index (χ2n) is 2.52. The topological polar surface area (TPSA) is 34.9 Å². The van der Waals surface area contributed by atoms with Gasteiger partial charge in [-0.05, 0) is 18.2 Å². The van der Waals surface area contributed by atoms with Gasteiger partial charge in [-0.1, -0.05) is 6.07 Å². The van der Waals surface area contributed by atoms with Gasteiger partial charge in [-0.15, -0.1) is 0 Å². The Morgan fingerprint density at radius 2 is 2.42 bits per heavy atom. The fourth-order valence-corrected chi connectivity index (χ4v) is 1.05. The molecule has 0 saturated carbocycles. The summed E-state index contributed by atoms with van der Waals surface area (Å²) >= 11 is 0. The lowest BCUT2D eigenvalue weighted by molar-refractivity contribution is 0.832. The summed E-state index contributed by atoms with van der Waals surface area (Å²) in [5.41, 5.74) is 0.578. The zero-order chi connectivity index (χ0) is 8.55. The first kappa shape index (κ1) is 7.03. The fraction of sp³-hybridized carbons (Fsp3) is 0.111. The molecule has 0 atom stereocenters. The van der Waals surface area contributed by atoms with Crippen molar-refractivity contribution in [1.29, 1.82) is 0 Å². The molecule has 3 heteroatoms. The van der Waals surface area contributed by atoms with Gasteiger partial charge in [0.05, 0.1) is 10.9 Å². The molecule has 3 nitrogen and oxygen atoms in total. The van der Waals surface area contributed by atoms with Gasteiger partial charge in [0.15, 0.2) is 6.33 Å². The monoisotopic (exact) mass is 158 g/mol. The van der Waals surface area contributed by atoms with Crippen molar-refractivity contribution in [3.05, 3.63) is 40.9 Å². The van der Waals surface area contributed by atoms with Crippen LogP contribution in [0.1, 0.15) is 0 Å². The van der Waals surface area contributed by atoms with Crippen LogP contribution < -0.4 is 5.56 Å². The van der Waals surface area contributed by atoms with Crippen LogP contribution in [0.4, 0.5) is 0 Å². The molecular formula is C9H6N2O. The summed E-state index contributed by atoms with van der Waals surface area (Å²) < 4.78 is 1.33. The van der Waals surface area contributed by atoms with Gasteiger partial charge < -0.3 is 0 Å². The van der Waals surface area contributed by atoms with Gasteiger partial charge in [0, 0.05) is 7.05 Å². The average Bonchev–Trinajstić information content (AvgIpc) is 2.12. The molecule has 0 amide bonds. The van der Waals surface area contributed by atoms with Gasteiger partial charge in [-0.3, -0.25) is 9.36 Å². The minimum absolute atomic E-state index is 0.0862. The molecule has 2 rings (SSSR count). The Balaban J connectivity index is 3.01. The summed E-state index contributed by atoms with van der Waals surface area (Å²) in [7, 11) is 1.63. The molecule has 12 heavy (non-hydrogen) atoms. The summed E-state index contributed by atoms with van der Waals surface area (Å²) in [6, 6.07) is 7.94. The number of rotatable bonds is 0. The maximum absolute atomic E-state index is 11.4. The highest BCUT2D eigenvalue weighted by atomic mass is 16.1. The van der Waals surface area contributed by atoms with Gasteiger partial charge >= 0.3 is 0 Å². The Labute approximate surface area is 69.3 Å². The Kier molecular flexibility index (Phi) is 1.43. The smallest absolute Gasteiger partial charge is 0.261 e. The van der Waals surface area contributed by atoms with Crippen LogP contribution in [0.3, 0.4) is 0 Å². The molecule has 0 N–H and O–H groups in total. The van der Waals surface area contributed by atoms with Crippen molar-refractivity contribution in [2.45, 2.75) is 0 Å². The van der Waals surface area contributed by atoms with E-state index >= 15 is 0 Å². The summed E-state index contributed by atoms with van der Waals surface area (Å²) in [4.78, 5) is 15.4. The molecule has 0 saturated heterocycles. The lowest BCUT2D eigenvalue weighted by atomic mass is 10.2. The predicted molar refractivity (Wildman–Crippen MR) is 44.7 cm³/mol. The van der Waals surface area contributed by atoms with Crippen LogP contribution in [-0.2, 0) is 7.05 Å². The molecule has 0 bridgehead atoms. The lowest BCUT2D eigenvalue weighted by Crippen LogP contribution is -2.17. The van der Waals surface area contributed by atoms with Crippen LogP contribution in [-0.4, -0.2) is 9.55 Å². The summed E-state index contributed by atoms with van der Waals surface area (Å²) in [6.45, 7) is 0. The van der Waals surface area contributed by atoms with E-state index in [-0.39, 0.29) is 5.56 Å². The van der Waals surface area contributed by atoms with E-state index in [0.717, 1.165) is 0 Å². The van der Waals surface area contributed by atoms with Crippen molar-refractivity contribution in [3.8, 4) is 0 Å². The van der Waals surface area contributed by atoms with Crippen LogP contribution in [0.5, 0.6) is 0 Å². The first-order valence-corrected chi connectivity index (χ1v) is 3.53. The fourth-order valence-electron chi connectivity index (χ4n) is 1.05. The second kappa shape index (κ2) is 2.44. The molecule has 0 aliphatic rings. The Bertz CT molecular complexity index is 473. The number of aromatic nitrogens is 2. The molecule has 2 aromatic rings. The molecule has 0 spiro atoms. The van der Waals surface area contributed by atoms with Crippen LogP contribution in [0.25, 0.3) is 10.9 Å². The molecule has 58 valence electrons. The summed E-state index contributed by atoms with van der Waals surface area (Å²) in [5, 5.41) is 0.582. The number of benzene rings is 1. The second-order valence-corrected chi connectivity index (χ2v) is 2.52. The molecule has 0 unspecified atom stereocenters. The van der Waals surface area contributed by atoms with E-state index in [1.807, 2.05) is 0 Å². The maximum atomic E-state index is 11.4. The number of hydrogen-bond donors (Lipinski definition) is 0. The zero-order valence-electron chi connectivity index (χ0n) is 6.53. The summed E-state index contributed by atoms with van der Waals surface area (Å²) in [5.74, 6) is 0. The van der Waals surface area contributed by atoms with Crippen molar-refractivity contribution >= 4 is 10.9 Å². The Morgan fingerprint density at radius 1 is 1.58 bits per heavy atom. The number of aryl methyl sites for hydroxylation is 1. The Morgan fingerprint density at radius 3 is 3.25 bits per heavy atom. The van der Waals surface area contributed by atoms with Crippen LogP contribution in [0.2, 0.25) is 0 Å². The van der Waals surface area contributed by atoms with Gasteiger partial charge in [0.2, 0.25) is 0 Å². The zero-order valence-corrected chi connectivity index (χ0v) is 6.53. The number of fused-ring (bicyclic) bond motifs is 1. The van der Waals surface area contributed by atoms with E-state index in [2.05, 4.69) is 17.4 Å². The highest BCUT2D eigenvalue weighted by Crippen LogP contribution is 2.02. The van der Waals surface area contributed by atoms with Gasteiger partial charge in [0.25, 0.3) is 5.56 Å². The summed E-state index contributed by atoms with van der Waals surface area (Å²) in [6.07, 6.45) is 2.58. The molecule has 1 aromatic carbocycles. The maximum Gasteiger partial charge on any atom is 0.261 e. The quantitative estimate of drug-likeness (QED) is 0.560. The predicted octanol–water partition coefficient (Wildman–Crippen LogP) is 0.534. The minimum Gasteiger partial charge on any atom is -0.293 e. The van der Waals surface area contributed by atoms with E-state index in [9.17, 15) is 4.79 Å². The molecular weight excluding hydrogens is 152 g/mol. The molecule has 2 radical (unpaired) electrons. The van der Waals surface area contributed by atoms with Gasteiger partial charge in [-0.2, -0.15) is 0 Å². The molecule has 1 heterocycles. The molecule has 0 fully saturated rings. The van der Waals surface area contributed by atoms with Gasteiger partial charge in [-0.25, -0.2) is 4.98 Å². The van der Waals surface area contributed by atoms with Crippen molar-refractivity contribution in [1.82, 2.24) is 9.55 Å². The highest BCUT2D eigenvalue weighted by Gasteiger charge is 1.98. The van der Waals surface area contributed by atoms with E-state index in [4.69, 9.17) is 0 Å². The first-order valence-electron chi connectivity index (χ1n) is 3.53. The lowest BCUT2D eigenvalue weighted by Gasteiger charge is -1.96. The molecule has 1 aromatic heterocycles. The van der Waals surface area contributed by atoms with Crippen molar-refractivity contribution < 1.29 is 0 Å². The van der Waals surface area contributed by atoms with E-state index < -0.39 is 0 Å². The minimum atomic E-state index is -0.0862. The molecule has 0 aliphatic heterocycles. The van der Waals surface area contributed by atoms with Crippen molar-refractivity contribution in [2.24, 2.45) is 7.05 Å². The standard InChI is InChI=1S/C9H6N2O/c1-11-6-10-8-5-3-2-4-7(8)9(11)12/h3-5H,1H3. The number of nitrogens with zero attached hydrogens (tertiary/aromatic N) is 2. The average molecular weight is 158 g/mol. The largest absolute Gasteiger partial charge is 0.293 e. The normalized spacial score (nSPS) is 10.4. The van der Waals surface area contributed by atoms with E-state index in [1.54, 1.807) is 25.2 Å². The SMILES string of the molecule is Cn1[c]nc2cc[c]cc2c1=O. The number of hydrogen-bond acceptors (Lipinski definition) is 2. The highest BCUT2D eigenvalue weighted by molar-refractivity contribution is 5.76. The first-order chi connectivity index (χ1) is 5.79.